The zero-order chi connectivity index (χ0) is 57.1. The molecule has 79 heavy (non-hydrogen) atoms. The van der Waals surface area contributed by atoms with Crippen LogP contribution < -0.4 is 0 Å². The van der Waals surface area contributed by atoms with Crippen molar-refractivity contribution in [3.63, 3.8) is 0 Å². The van der Waals surface area contributed by atoms with E-state index in [0.717, 1.165) is 89.9 Å². The van der Waals surface area contributed by atoms with Crippen LogP contribution in [0.4, 0.5) is 0 Å². The van der Waals surface area contributed by atoms with Crippen molar-refractivity contribution in [1.29, 1.82) is 0 Å². The van der Waals surface area contributed by atoms with E-state index in [4.69, 9.17) is 14.2 Å². The number of rotatable bonds is 64. The van der Waals surface area contributed by atoms with Crippen molar-refractivity contribution in [3.8, 4) is 0 Å². The molecule has 6 nitrogen and oxygen atoms in total. The van der Waals surface area contributed by atoms with Gasteiger partial charge in [-0.15, -0.1) is 0 Å². The van der Waals surface area contributed by atoms with Crippen LogP contribution in [0.1, 0.15) is 367 Å². The number of esters is 3. The largest absolute Gasteiger partial charge is 0.462 e. The maximum atomic E-state index is 12.9. The van der Waals surface area contributed by atoms with Crippen LogP contribution in [-0.2, 0) is 28.6 Å². The highest BCUT2D eigenvalue weighted by Gasteiger charge is 2.19. The van der Waals surface area contributed by atoms with Crippen molar-refractivity contribution in [2.75, 3.05) is 13.2 Å². The Morgan fingerprint density at radius 2 is 0.506 bits per heavy atom. The Hall–Kier alpha value is -2.89. The average Bonchev–Trinajstić information content (AvgIpc) is 3.45. The quantitative estimate of drug-likeness (QED) is 0.0261. The number of allylic oxidation sites excluding steroid dienone is 10. The number of hydrogen-bond donors (Lipinski definition) is 0. The molecule has 0 aliphatic rings. The summed E-state index contributed by atoms with van der Waals surface area (Å²) in [6.07, 6.45) is 86.8. The lowest BCUT2D eigenvalue weighted by atomic mass is 10.0. The SMILES string of the molecule is CC/C=C\C/C=C\C/C=C\C/C=C\CCCCCCCCCCCCCCCCC(=O)OCC(COC(=O)CCCCCCC/C=C\CCCC)OC(=O)CCCCCCCCCCCCCCCCCCCCCCCCC. The fraction of sp³-hybridized carbons (Fsp3) is 0.822. The molecule has 0 spiro atoms. The second kappa shape index (κ2) is 67.6. The third-order valence-corrected chi connectivity index (χ3v) is 15.5. The smallest absolute Gasteiger partial charge is 0.306 e. The van der Waals surface area contributed by atoms with Crippen LogP contribution in [0.2, 0.25) is 0 Å². The lowest BCUT2D eigenvalue weighted by Gasteiger charge is -2.18. The summed E-state index contributed by atoms with van der Waals surface area (Å²) in [7, 11) is 0. The van der Waals surface area contributed by atoms with E-state index in [2.05, 4.69) is 81.5 Å². The monoisotopic (exact) mass is 1110 g/mol. The average molecular weight is 1110 g/mol. The number of carbonyl (C=O) groups is 3. The van der Waals surface area contributed by atoms with Gasteiger partial charge in [0.25, 0.3) is 0 Å². The summed E-state index contributed by atoms with van der Waals surface area (Å²) in [6.45, 7) is 6.54. The van der Waals surface area contributed by atoms with E-state index >= 15 is 0 Å². The molecule has 0 bridgehead atoms. The van der Waals surface area contributed by atoms with E-state index in [0.29, 0.717) is 19.3 Å². The summed E-state index contributed by atoms with van der Waals surface area (Å²) >= 11 is 0. The lowest BCUT2D eigenvalue weighted by molar-refractivity contribution is -0.167. The Labute approximate surface area is 491 Å². The van der Waals surface area contributed by atoms with Gasteiger partial charge in [-0.1, -0.05) is 332 Å². The Morgan fingerprint density at radius 1 is 0.266 bits per heavy atom. The first-order valence-corrected chi connectivity index (χ1v) is 34.8. The van der Waals surface area contributed by atoms with Gasteiger partial charge in [0.1, 0.15) is 13.2 Å². The van der Waals surface area contributed by atoms with Crippen LogP contribution >= 0.6 is 0 Å². The Kier molecular flexibility index (Phi) is 65.1. The van der Waals surface area contributed by atoms with Gasteiger partial charge >= 0.3 is 17.9 Å². The second-order valence-corrected chi connectivity index (χ2v) is 23.4. The molecule has 1 unspecified atom stereocenters. The maximum Gasteiger partial charge on any atom is 0.306 e. The molecule has 0 aliphatic carbocycles. The van der Waals surface area contributed by atoms with Gasteiger partial charge in [0, 0.05) is 19.3 Å². The second-order valence-electron chi connectivity index (χ2n) is 23.4. The highest BCUT2D eigenvalue weighted by molar-refractivity contribution is 5.71. The van der Waals surface area contributed by atoms with Crippen LogP contribution in [0.3, 0.4) is 0 Å². The third kappa shape index (κ3) is 65.8. The fourth-order valence-electron chi connectivity index (χ4n) is 10.3. The van der Waals surface area contributed by atoms with E-state index in [-0.39, 0.29) is 31.1 Å². The van der Waals surface area contributed by atoms with Crippen molar-refractivity contribution in [2.24, 2.45) is 0 Å². The molecule has 1 atom stereocenters. The molecule has 0 radical (unpaired) electrons. The number of ether oxygens (including phenoxy) is 3. The summed E-state index contributed by atoms with van der Waals surface area (Å²) in [6, 6.07) is 0. The number of carbonyl (C=O) groups excluding carboxylic acids is 3. The summed E-state index contributed by atoms with van der Waals surface area (Å²) in [5.74, 6) is -0.860. The minimum Gasteiger partial charge on any atom is -0.462 e. The standard InChI is InChI=1S/C73H132O6/c1-4-7-10-13-16-19-22-24-26-28-30-32-34-35-36-37-39-40-42-44-46-48-51-54-57-60-63-66-72(75)78-69-70(68-77-71(74)65-62-59-56-53-50-21-18-15-12-9-6-3)79-73(76)67-64-61-58-55-52-49-47-45-43-41-38-33-31-29-27-25-23-20-17-14-11-8-5-2/h7,10,15-16,18-19,24,26,30,32,70H,4-6,8-9,11-14,17,20-23,25,27-29,31,33-69H2,1-3H3/b10-7-,18-15-,19-16-,26-24-,32-30-. The van der Waals surface area contributed by atoms with Crippen molar-refractivity contribution < 1.29 is 28.6 Å². The summed E-state index contributed by atoms with van der Waals surface area (Å²) in [5, 5.41) is 0. The molecule has 0 aliphatic heterocycles. The highest BCUT2D eigenvalue weighted by atomic mass is 16.6. The van der Waals surface area contributed by atoms with Crippen LogP contribution in [0.5, 0.6) is 0 Å². The number of hydrogen-bond acceptors (Lipinski definition) is 6. The summed E-state index contributed by atoms with van der Waals surface area (Å²) < 4.78 is 17.0. The van der Waals surface area contributed by atoms with Gasteiger partial charge in [0.15, 0.2) is 6.10 Å². The van der Waals surface area contributed by atoms with E-state index in [9.17, 15) is 14.4 Å². The molecular formula is C73H132O6. The van der Waals surface area contributed by atoms with Crippen LogP contribution in [-0.4, -0.2) is 37.2 Å². The Bertz CT molecular complexity index is 1410. The minimum absolute atomic E-state index is 0.0726. The first-order valence-electron chi connectivity index (χ1n) is 34.8. The van der Waals surface area contributed by atoms with Crippen LogP contribution in [0.25, 0.3) is 0 Å². The normalized spacial score (nSPS) is 12.4. The van der Waals surface area contributed by atoms with Crippen molar-refractivity contribution in [3.05, 3.63) is 60.8 Å². The zero-order valence-electron chi connectivity index (χ0n) is 52.9. The summed E-state index contributed by atoms with van der Waals surface area (Å²) in [5.41, 5.74) is 0. The number of unbranched alkanes of at least 4 members (excludes halogenated alkanes) is 43. The lowest BCUT2D eigenvalue weighted by Crippen LogP contribution is -2.30. The molecule has 6 heteroatoms. The van der Waals surface area contributed by atoms with E-state index < -0.39 is 6.10 Å². The topological polar surface area (TPSA) is 78.9 Å². The Balaban J connectivity index is 4.18. The third-order valence-electron chi connectivity index (χ3n) is 15.5. The van der Waals surface area contributed by atoms with Gasteiger partial charge in [-0.05, 0) is 77.0 Å². The molecule has 0 amide bonds. The van der Waals surface area contributed by atoms with E-state index in [1.54, 1.807) is 0 Å². The predicted octanol–water partition coefficient (Wildman–Crippen LogP) is 23.9. The zero-order valence-corrected chi connectivity index (χ0v) is 52.9. The minimum atomic E-state index is -0.776. The first kappa shape index (κ1) is 76.1. The fourth-order valence-corrected chi connectivity index (χ4v) is 10.3. The summed E-state index contributed by atoms with van der Waals surface area (Å²) in [4.78, 5) is 38.3. The molecule has 0 saturated heterocycles. The van der Waals surface area contributed by atoms with Crippen molar-refractivity contribution in [2.45, 2.75) is 374 Å². The molecule has 0 aromatic heterocycles. The molecule has 0 fully saturated rings. The molecule has 0 heterocycles. The predicted molar refractivity (Wildman–Crippen MR) is 344 cm³/mol. The van der Waals surface area contributed by atoms with Gasteiger partial charge < -0.3 is 14.2 Å². The van der Waals surface area contributed by atoms with Crippen LogP contribution in [0.15, 0.2) is 60.8 Å². The molecule has 0 N–H and O–H groups in total. The molecular weight excluding hydrogens is 973 g/mol. The molecule has 0 rings (SSSR count). The first-order chi connectivity index (χ1) is 39.0. The van der Waals surface area contributed by atoms with E-state index in [1.807, 2.05) is 0 Å². The van der Waals surface area contributed by atoms with Gasteiger partial charge in [-0.25, -0.2) is 0 Å². The van der Waals surface area contributed by atoms with Crippen LogP contribution in [0, 0.1) is 0 Å². The van der Waals surface area contributed by atoms with Crippen molar-refractivity contribution >= 4 is 17.9 Å². The molecule has 0 aromatic rings. The van der Waals surface area contributed by atoms with E-state index in [1.165, 1.54) is 238 Å². The maximum absolute atomic E-state index is 12.9. The molecule has 0 saturated carbocycles. The van der Waals surface area contributed by atoms with Crippen molar-refractivity contribution in [1.82, 2.24) is 0 Å². The van der Waals surface area contributed by atoms with Gasteiger partial charge in [-0.3, -0.25) is 14.4 Å². The van der Waals surface area contributed by atoms with Gasteiger partial charge in [0.2, 0.25) is 0 Å². The highest BCUT2D eigenvalue weighted by Crippen LogP contribution is 2.18. The Morgan fingerprint density at radius 3 is 0.823 bits per heavy atom. The van der Waals surface area contributed by atoms with Gasteiger partial charge in [0.05, 0.1) is 0 Å². The molecule has 0 aromatic carbocycles. The molecule has 460 valence electrons. The van der Waals surface area contributed by atoms with Gasteiger partial charge in [-0.2, -0.15) is 0 Å².